The van der Waals surface area contributed by atoms with Crippen LogP contribution < -0.4 is 0 Å². The smallest absolute Gasteiger partial charge is 0.155 e. The van der Waals surface area contributed by atoms with Crippen molar-refractivity contribution >= 4 is 0 Å². The lowest BCUT2D eigenvalue weighted by Gasteiger charge is -2.04. The zero-order valence-electron chi connectivity index (χ0n) is 11.7. The maximum Gasteiger partial charge on any atom is 0.155 e. The second-order valence-electron chi connectivity index (χ2n) is 4.82. The van der Waals surface area contributed by atoms with Crippen molar-refractivity contribution in [3.8, 4) is 22.9 Å². The normalized spacial score (nSPS) is 10.7. The second kappa shape index (κ2) is 5.29. The monoisotopic (exact) mass is 287 g/mol. The third kappa shape index (κ3) is 2.29. The Hall–Kier alpha value is -3.21. The first kappa shape index (κ1) is 12.5. The summed E-state index contributed by atoms with van der Waals surface area (Å²) in [5, 5.41) is 8.80. The van der Waals surface area contributed by atoms with Gasteiger partial charge >= 0.3 is 0 Å². The molecular weight excluding hydrogens is 274 g/mol. The van der Waals surface area contributed by atoms with Crippen molar-refractivity contribution in [2.75, 3.05) is 0 Å². The van der Waals surface area contributed by atoms with Crippen LogP contribution in [0.25, 0.3) is 22.9 Å². The molecule has 0 N–H and O–H groups in total. The van der Waals surface area contributed by atoms with Gasteiger partial charge < -0.3 is 0 Å². The molecule has 0 radical (unpaired) electrons. The van der Waals surface area contributed by atoms with Gasteiger partial charge in [-0.2, -0.15) is 10.2 Å². The number of nitrogens with zero attached hydrogens (tertiary/aromatic N) is 5. The summed E-state index contributed by atoms with van der Waals surface area (Å²) in [5.41, 5.74) is 2.01. The first-order valence-electron chi connectivity index (χ1n) is 6.99. The highest BCUT2D eigenvalue weighted by atomic mass is 15.3. The minimum atomic E-state index is 0.759. The number of pyridine rings is 1. The summed E-state index contributed by atoms with van der Waals surface area (Å²) >= 11 is 0. The molecule has 5 nitrogen and oxygen atoms in total. The highest BCUT2D eigenvalue weighted by Crippen LogP contribution is 2.17. The Balaban J connectivity index is 1.71. The number of benzene rings is 1. The summed E-state index contributed by atoms with van der Waals surface area (Å²) in [6, 6.07) is 19.7. The van der Waals surface area contributed by atoms with E-state index in [4.69, 9.17) is 0 Å². The van der Waals surface area contributed by atoms with Crippen LogP contribution >= 0.6 is 0 Å². The largest absolute Gasteiger partial charge is 0.223 e. The molecular formula is C17H13N5. The molecule has 0 aliphatic heterocycles. The summed E-state index contributed by atoms with van der Waals surface area (Å²) in [7, 11) is 0. The van der Waals surface area contributed by atoms with Crippen molar-refractivity contribution in [3.63, 3.8) is 0 Å². The Labute approximate surface area is 127 Å². The first-order chi connectivity index (χ1) is 10.9. The van der Waals surface area contributed by atoms with Crippen molar-refractivity contribution in [1.29, 1.82) is 0 Å². The SMILES string of the molecule is c1ccc(-c2ccn(-c3cccc(-n4cccn4)n3)n2)cc1. The highest BCUT2D eigenvalue weighted by Gasteiger charge is 2.06. The zero-order valence-corrected chi connectivity index (χ0v) is 11.7. The molecule has 0 aliphatic carbocycles. The molecule has 3 aromatic heterocycles. The van der Waals surface area contributed by atoms with Gasteiger partial charge in [-0.1, -0.05) is 36.4 Å². The minimum Gasteiger partial charge on any atom is -0.223 e. The lowest BCUT2D eigenvalue weighted by molar-refractivity contribution is 0.805. The Morgan fingerprint density at radius 2 is 1.50 bits per heavy atom. The van der Waals surface area contributed by atoms with Gasteiger partial charge in [0.1, 0.15) is 0 Å². The van der Waals surface area contributed by atoms with Gasteiger partial charge in [0.15, 0.2) is 11.6 Å². The van der Waals surface area contributed by atoms with Gasteiger partial charge in [-0.15, -0.1) is 0 Å². The van der Waals surface area contributed by atoms with E-state index in [1.165, 1.54) is 0 Å². The number of rotatable bonds is 3. The van der Waals surface area contributed by atoms with Crippen molar-refractivity contribution < 1.29 is 0 Å². The second-order valence-corrected chi connectivity index (χ2v) is 4.82. The fourth-order valence-corrected chi connectivity index (χ4v) is 2.29. The molecule has 106 valence electrons. The Bertz CT molecular complexity index is 878. The van der Waals surface area contributed by atoms with Crippen LogP contribution in [0.2, 0.25) is 0 Å². The minimum absolute atomic E-state index is 0.759. The summed E-state index contributed by atoms with van der Waals surface area (Å²) < 4.78 is 3.50. The molecule has 22 heavy (non-hydrogen) atoms. The van der Waals surface area contributed by atoms with Crippen molar-refractivity contribution in [2.24, 2.45) is 0 Å². The van der Waals surface area contributed by atoms with Crippen LogP contribution in [0.15, 0.2) is 79.3 Å². The third-order valence-electron chi connectivity index (χ3n) is 3.35. The number of hydrogen-bond acceptors (Lipinski definition) is 3. The average molecular weight is 287 g/mol. The van der Waals surface area contributed by atoms with E-state index in [-0.39, 0.29) is 0 Å². The van der Waals surface area contributed by atoms with Crippen LogP contribution in [0, 0.1) is 0 Å². The lowest BCUT2D eigenvalue weighted by atomic mass is 10.2. The van der Waals surface area contributed by atoms with Crippen molar-refractivity contribution in [3.05, 3.63) is 79.3 Å². The molecule has 0 saturated carbocycles. The predicted molar refractivity (Wildman–Crippen MR) is 83.9 cm³/mol. The van der Waals surface area contributed by atoms with E-state index >= 15 is 0 Å². The molecule has 0 bridgehead atoms. The fraction of sp³-hybridized carbons (Fsp3) is 0. The summed E-state index contributed by atoms with van der Waals surface area (Å²) in [6.07, 6.45) is 5.51. The summed E-state index contributed by atoms with van der Waals surface area (Å²) in [5.74, 6) is 1.52. The molecule has 3 heterocycles. The molecule has 0 fully saturated rings. The number of aromatic nitrogens is 5. The molecule has 0 saturated heterocycles. The molecule has 0 aliphatic rings. The number of hydrogen-bond donors (Lipinski definition) is 0. The van der Waals surface area contributed by atoms with Crippen LogP contribution in [-0.4, -0.2) is 24.5 Å². The van der Waals surface area contributed by atoms with Gasteiger partial charge in [0.05, 0.1) is 5.69 Å². The zero-order chi connectivity index (χ0) is 14.8. The van der Waals surface area contributed by atoms with E-state index in [0.29, 0.717) is 0 Å². The van der Waals surface area contributed by atoms with Crippen LogP contribution in [0.5, 0.6) is 0 Å². The van der Waals surface area contributed by atoms with Crippen LogP contribution in [0.1, 0.15) is 0 Å². The van der Waals surface area contributed by atoms with Crippen molar-refractivity contribution in [2.45, 2.75) is 0 Å². The summed E-state index contributed by atoms with van der Waals surface area (Å²) in [6.45, 7) is 0. The standard InChI is InChI=1S/C17H13N5/c1-2-6-14(7-3-1)15-10-13-22(20-15)17-9-4-8-16(19-17)21-12-5-11-18-21/h1-13H. The molecule has 4 rings (SSSR count). The van der Waals surface area contributed by atoms with E-state index in [1.807, 2.05) is 73.1 Å². The molecule has 1 aromatic carbocycles. The predicted octanol–water partition coefficient (Wildman–Crippen LogP) is 3.12. The molecule has 0 atom stereocenters. The van der Waals surface area contributed by atoms with Gasteiger partial charge in [-0.3, -0.25) is 0 Å². The fourth-order valence-electron chi connectivity index (χ4n) is 2.29. The summed E-state index contributed by atoms with van der Waals surface area (Å²) in [4.78, 5) is 4.59. The maximum atomic E-state index is 4.60. The van der Waals surface area contributed by atoms with E-state index in [0.717, 1.165) is 22.9 Å². The maximum absolute atomic E-state index is 4.60. The van der Waals surface area contributed by atoms with E-state index in [1.54, 1.807) is 15.6 Å². The lowest BCUT2D eigenvalue weighted by Crippen LogP contribution is -2.03. The molecule has 5 heteroatoms. The molecule has 0 amide bonds. The van der Waals surface area contributed by atoms with Crippen LogP contribution in [0.4, 0.5) is 0 Å². The van der Waals surface area contributed by atoms with Gasteiger partial charge in [0.25, 0.3) is 0 Å². The van der Waals surface area contributed by atoms with E-state index < -0.39 is 0 Å². The van der Waals surface area contributed by atoms with Gasteiger partial charge in [0, 0.05) is 24.2 Å². The van der Waals surface area contributed by atoms with E-state index in [2.05, 4.69) is 15.2 Å². The first-order valence-corrected chi connectivity index (χ1v) is 6.99. The third-order valence-corrected chi connectivity index (χ3v) is 3.35. The average Bonchev–Trinajstić information content (AvgIpc) is 3.28. The highest BCUT2D eigenvalue weighted by molar-refractivity contribution is 5.58. The quantitative estimate of drug-likeness (QED) is 0.581. The van der Waals surface area contributed by atoms with Crippen molar-refractivity contribution in [1.82, 2.24) is 24.5 Å². The molecule has 0 unspecified atom stereocenters. The van der Waals surface area contributed by atoms with Gasteiger partial charge in [-0.05, 0) is 24.3 Å². The molecule has 0 spiro atoms. The Morgan fingerprint density at radius 1 is 0.682 bits per heavy atom. The molecule has 4 aromatic rings. The van der Waals surface area contributed by atoms with Gasteiger partial charge in [-0.25, -0.2) is 14.3 Å². The van der Waals surface area contributed by atoms with Crippen LogP contribution in [0.3, 0.4) is 0 Å². The van der Waals surface area contributed by atoms with Crippen LogP contribution in [-0.2, 0) is 0 Å². The Kier molecular flexibility index (Phi) is 3.01. The Morgan fingerprint density at radius 3 is 2.27 bits per heavy atom. The van der Waals surface area contributed by atoms with Gasteiger partial charge in [0.2, 0.25) is 0 Å². The topological polar surface area (TPSA) is 48.5 Å². The van der Waals surface area contributed by atoms with E-state index in [9.17, 15) is 0 Å².